The fourth-order valence-corrected chi connectivity index (χ4v) is 2.67. The first-order valence-electron chi connectivity index (χ1n) is 8.43. The van der Waals surface area contributed by atoms with E-state index in [-0.39, 0.29) is 23.3 Å². The smallest absolute Gasteiger partial charge is 0.257 e. The Morgan fingerprint density at radius 1 is 1.04 bits per heavy atom. The molecule has 4 rings (SSSR count). The van der Waals surface area contributed by atoms with Gasteiger partial charge in [-0.15, -0.1) is 0 Å². The molecule has 0 atom stereocenters. The predicted octanol–water partition coefficient (Wildman–Crippen LogP) is 4.47. The Morgan fingerprint density at radius 3 is 2.71 bits per heavy atom. The van der Waals surface area contributed by atoms with Gasteiger partial charge in [-0.1, -0.05) is 18.2 Å². The van der Waals surface area contributed by atoms with E-state index in [1.165, 1.54) is 6.26 Å². The van der Waals surface area contributed by atoms with E-state index in [1.54, 1.807) is 42.5 Å². The number of hydrogen-bond donors (Lipinski definition) is 1. The minimum Gasteiger partial charge on any atom is -0.467 e. The van der Waals surface area contributed by atoms with Crippen molar-refractivity contribution in [3.63, 3.8) is 0 Å². The van der Waals surface area contributed by atoms with Crippen molar-refractivity contribution in [3.8, 4) is 0 Å². The first-order valence-corrected chi connectivity index (χ1v) is 8.43. The number of amides is 1. The fraction of sp³-hybridized carbons (Fsp3) is 0.0476. The maximum atomic E-state index is 14.0. The minimum atomic E-state index is -0.730. The van der Waals surface area contributed by atoms with Crippen molar-refractivity contribution in [2.75, 3.05) is 0 Å². The molecule has 0 bridgehead atoms. The molecule has 1 N–H and O–H groups in total. The number of nitrogens with zero attached hydrogens (tertiary/aromatic N) is 1. The lowest BCUT2D eigenvalue weighted by Gasteiger charge is -2.06. The van der Waals surface area contributed by atoms with Gasteiger partial charge < -0.3 is 14.2 Å². The van der Waals surface area contributed by atoms with Crippen LogP contribution in [0.5, 0.6) is 0 Å². The van der Waals surface area contributed by atoms with Crippen LogP contribution in [-0.2, 0) is 6.54 Å². The summed E-state index contributed by atoms with van der Waals surface area (Å²) in [6.45, 7) is 0.159. The van der Waals surface area contributed by atoms with E-state index in [0.29, 0.717) is 16.7 Å². The van der Waals surface area contributed by atoms with Crippen LogP contribution in [0.2, 0.25) is 0 Å². The summed E-state index contributed by atoms with van der Waals surface area (Å²) in [5.74, 6) is -1.29. The standard InChI is InChI=1S/C21H14F2N2O3/c22-14-7-8-17(23)18(11-14)25-21-16(10-13-4-1-2-6-19(13)28-21)20(26)24-12-15-5-3-9-27-15/h1-11H,12H2,(H,24,26). The molecule has 7 heteroatoms. The number of hydrogen-bond acceptors (Lipinski definition) is 4. The molecule has 2 heterocycles. The highest BCUT2D eigenvalue weighted by Gasteiger charge is 2.14. The van der Waals surface area contributed by atoms with Gasteiger partial charge in [-0.2, -0.15) is 0 Å². The van der Waals surface area contributed by atoms with Gasteiger partial charge in [0.1, 0.15) is 34.2 Å². The highest BCUT2D eigenvalue weighted by Crippen LogP contribution is 2.19. The Labute approximate surface area is 157 Å². The first-order chi connectivity index (χ1) is 13.6. The fourth-order valence-electron chi connectivity index (χ4n) is 2.67. The van der Waals surface area contributed by atoms with Gasteiger partial charge in [-0.25, -0.2) is 13.8 Å². The molecule has 0 aliphatic heterocycles. The van der Waals surface area contributed by atoms with Gasteiger partial charge >= 0.3 is 0 Å². The molecule has 0 aliphatic rings. The van der Waals surface area contributed by atoms with Crippen LogP contribution in [0.1, 0.15) is 16.1 Å². The normalized spacial score (nSPS) is 11.7. The van der Waals surface area contributed by atoms with Gasteiger partial charge in [0.05, 0.1) is 12.8 Å². The topological polar surface area (TPSA) is 67.7 Å². The number of furan rings is 1. The average Bonchev–Trinajstić information content (AvgIpc) is 3.22. The number of carbonyl (C=O) groups is 1. The zero-order valence-electron chi connectivity index (χ0n) is 14.5. The van der Waals surface area contributed by atoms with Gasteiger partial charge in [0.25, 0.3) is 5.91 Å². The second-order valence-corrected chi connectivity index (χ2v) is 5.97. The van der Waals surface area contributed by atoms with Crippen LogP contribution in [0, 0.1) is 11.6 Å². The maximum absolute atomic E-state index is 14.0. The van der Waals surface area contributed by atoms with E-state index < -0.39 is 17.5 Å². The number of benzene rings is 2. The molecule has 5 nitrogen and oxygen atoms in total. The third-order valence-corrected chi connectivity index (χ3v) is 4.03. The van der Waals surface area contributed by atoms with Gasteiger partial charge in [-0.3, -0.25) is 4.79 Å². The molecular weight excluding hydrogens is 366 g/mol. The van der Waals surface area contributed by atoms with Crippen molar-refractivity contribution in [1.29, 1.82) is 0 Å². The third kappa shape index (κ3) is 3.68. The van der Waals surface area contributed by atoms with Crippen LogP contribution in [0.25, 0.3) is 11.0 Å². The van der Waals surface area contributed by atoms with E-state index in [0.717, 1.165) is 18.2 Å². The number of halogens is 2. The highest BCUT2D eigenvalue weighted by molar-refractivity contribution is 5.96. The van der Waals surface area contributed by atoms with Crippen LogP contribution < -0.4 is 10.9 Å². The molecular formula is C21H14F2N2O3. The summed E-state index contributed by atoms with van der Waals surface area (Å²) in [6.07, 6.45) is 1.50. The van der Waals surface area contributed by atoms with E-state index in [2.05, 4.69) is 10.3 Å². The summed E-state index contributed by atoms with van der Waals surface area (Å²) >= 11 is 0. The summed E-state index contributed by atoms with van der Waals surface area (Å²) in [5.41, 5.74) is 0.161. The lowest BCUT2D eigenvalue weighted by atomic mass is 10.1. The maximum Gasteiger partial charge on any atom is 0.257 e. The second kappa shape index (κ2) is 7.48. The Hall–Kier alpha value is -3.74. The summed E-state index contributed by atoms with van der Waals surface area (Å²) in [4.78, 5) is 16.8. The van der Waals surface area contributed by atoms with Crippen molar-refractivity contribution < 1.29 is 22.4 Å². The molecule has 2 aromatic carbocycles. The number of fused-ring (bicyclic) bond motifs is 1. The van der Waals surface area contributed by atoms with Gasteiger partial charge in [0.15, 0.2) is 0 Å². The number of carbonyl (C=O) groups excluding carboxylic acids is 1. The molecule has 28 heavy (non-hydrogen) atoms. The van der Waals surface area contributed by atoms with Gasteiger partial charge in [0, 0.05) is 11.5 Å². The summed E-state index contributed by atoms with van der Waals surface area (Å²) in [6, 6.07) is 14.9. The first kappa shape index (κ1) is 17.7. The number of rotatable bonds is 4. The van der Waals surface area contributed by atoms with Gasteiger partial charge in [0.2, 0.25) is 5.55 Å². The van der Waals surface area contributed by atoms with Crippen LogP contribution in [0.4, 0.5) is 14.5 Å². The Morgan fingerprint density at radius 2 is 1.89 bits per heavy atom. The molecule has 0 saturated carbocycles. The van der Waals surface area contributed by atoms with Crippen molar-refractivity contribution in [2.45, 2.75) is 6.54 Å². The SMILES string of the molecule is O=C(NCc1ccco1)c1cc2ccccc2oc1=Nc1cc(F)ccc1F. The van der Waals surface area contributed by atoms with Crippen LogP contribution in [-0.4, -0.2) is 5.91 Å². The van der Waals surface area contributed by atoms with Crippen molar-refractivity contribution >= 4 is 22.6 Å². The molecule has 0 unspecified atom stereocenters. The minimum absolute atomic E-state index is 0.0916. The molecule has 0 spiro atoms. The van der Waals surface area contributed by atoms with Gasteiger partial charge in [-0.05, 0) is 36.4 Å². The Balaban J connectivity index is 1.81. The van der Waals surface area contributed by atoms with Crippen LogP contribution in [0.15, 0.2) is 80.8 Å². The van der Waals surface area contributed by atoms with E-state index in [1.807, 2.05) is 0 Å². The zero-order valence-corrected chi connectivity index (χ0v) is 14.5. The van der Waals surface area contributed by atoms with E-state index >= 15 is 0 Å². The number of nitrogens with one attached hydrogen (secondary N) is 1. The van der Waals surface area contributed by atoms with Crippen molar-refractivity contribution in [2.24, 2.45) is 4.99 Å². The Bertz CT molecular complexity index is 1210. The zero-order chi connectivity index (χ0) is 19.5. The van der Waals surface area contributed by atoms with Crippen molar-refractivity contribution in [1.82, 2.24) is 5.32 Å². The average molecular weight is 380 g/mol. The lowest BCUT2D eigenvalue weighted by Crippen LogP contribution is -2.28. The van der Waals surface area contributed by atoms with Crippen LogP contribution >= 0.6 is 0 Å². The molecule has 140 valence electrons. The molecule has 0 fully saturated rings. The largest absolute Gasteiger partial charge is 0.467 e. The molecule has 2 aromatic heterocycles. The number of para-hydroxylation sites is 1. The summed E-state index contributed by atoms with van der Waals surface area (Å²) in [7, 11) is 0. The molecule has 0 aliphatic carbocycles. The summed E-state index contributed by atoms with van der Waals surface area (Å²) < 4.78 is 38.4. The quantitative estimate of drug-likeness (QED) is 0.568. The lowest BCUT2D eigenvalue weighted by molar-refractivity contribution is 0.0944. The predicted molar refractivity (Wildman–Crippen MR) is 97.7 cm³/mol. The second-order valence-electron chi connectivity index (χ2n) is 5.97. The molecule has 0 saturated heterocycles. The van der Waals surface area contributed by atoms with Crippen LogP contribution in [0.3, 0.4) is 0 Å². The molecule has 4 aromatic rings. The van der Waals surface area contributed by atoms with E-state index in [9.17, 15) is 13.6 Å². The van der Waals surface area contributed by atoms with Crippen molar-refractivity contribution in [3.05, 3.63) is 95.4 Å². The molecule has 1 amide bonds. The highest BCUT2D eigenvalue weighted by atomic mass is 19.1. The molecule has 0 radical (unpaired) electrons. The Kier molecular flexibility index (Phi) is 4.72. The third-order valence-electron chi connectivity index (χ3n) is 4.03. The summed E-state index contributed by atoms with van der Waals surface area (Å²) in [5, 5.41) is 3.37. The van der Waals surface area contributed by atoms with E-state index in [4.69, 9.17) is 8.83 Å². The monoisotopic (exact) mass is 380 g/mol.